The topological polar surface area (TPSA) is 0 Å². The monoisotopic (exact) mass is 120 g/mol. The van der Waals surface area contributed by atoms with Crippen LogP contribution in [0.3, 0.4) is 0 Å². The fourth-order valence-electron chi connectivity index (χ4n) is 2.09. The molecule has 0 N–H and O–H groups in total. The maximum atomic E-state index is 3.83. The van der Waals surface area contributed by atoms with E-state index in [-0.39, 0.29) is 0 Å². The smallest absolute Gasteiger partial charge is 0.0165 e. The first-order valence-electron chi connectivity index (χ1n) is 3.71. The minimum Gasteiger partial charge on any atom is -0.103 e. The van der Waals surface area contributed by atoms with Gasteiger partial charge in [0, 0.05) is 0 Å². The number of hydrogen-bond donors (Lipinski definition) is 0. The van der Waals surface area contributed by atoms with Crippen molar-refractivity contribution in [2.75, 3.05) is 0 Å². The molecule has 2 unspecified atom stereocenters. The van der Waals surface area contributed by atoms with E-state index in [1.54, 1.807) is 0 Å². The van der Waals surface area contributed by atoms with E-state index in [2.05, 4.69) is 24.8 Å². The van der Waals surface area contributed by atoms with Gasteiger partial charge in [0.1, 0.15) is 0 Å². The quantitative estimate of drug-likeness (QED) is 0.466. The van der Waals surface area contributed by atoms with Gasteiger partial charge in [-0.3, -0.25) is 0 Å². The predicted octanol–water partition coefficient (Wildman–Crippen LogP) is 2.38. The molecule has 1 fully saturated rings. The van der Waals surface area contributed by atoms with E-state index in [0.717, 1.165) is 17.8 Å². The molecule has 0 aliphatic heterocycles. The molecule has 2 bridgehead atoms. The largest absolute Gasteiger partial charge is 0.103 e. The molecule has 0 heteroatoms. The summed E-state index contributed by atoms with van der Waals surface area (Å²) in [4.78, 5) is 0. The minimum atomic E-state index is 0.806. The zero-order chi connectivity index (χ0) is 6.27. The molecule has 9 heavy (non-hydrogen) atoms. The zero-order valence-corrected chi connectivity index (χ0v) is 5.59. The van der Waals surface area contributed by atoms with Crippen LogP contribution in [0.2, 0.25) is 0 Å². The summed E-state index contributed by atoms with van der Waals surface area (Å²) in [6, 6.07) is 0. The highest BCUT2D eigenvalue weighted by molar-refractivity contribution is 5.13. The van der Waals surface area contributed by atoms with Gasteiger partial charge in [-0.1, -0.05) is 18.2 Å². The Kier molecular flexibility index (Phi) is 1.01. The Morgan fingerprint density at radius 3 is 2.56 bits per heavy atom. The van der Waals surface area contributed by atoms with Gasteiger partial charge in [0.25, 0.3) is 0 Å². The van der Waals surface area contributed by atoms with Gasteiger partial charge in [-0.25, -0.2) is 0 Å². The van der Waals surface area contributed by atoms with Crippen molar-refractivity contribution in [1.29, 1.82) is 0 Å². The lowest BCUT2D eigenvalue weighted by molar-refractivity contribution is 0.551. The zero-order valence-electron chi connectivity index (χ0n) is 5.59. The molecule has 2 rings (SSSR count). The Morgan fingerprint density at radius 2 is 2.22 bits per heavy atom. The van der Waals surface area contributed by atoms with Crippen molar-refractivity contribution in [2.24, 2.45) is 17.8 Å². The molecule has 0 aromatic carbocycles. The third-order valence-electron chi connectivity index (χ3n) is 2.63. The standard InChI is InChI=1S/C9H12/c1-2-8-5-7-3-4-9(8)6-7/h2-4,7-9H,1,5-6H2/t7?,8-,9?/m0/s1. The summed E-state index contributed by atoms with van der Waals surface area (Å²) >= 11 is 0. The highest BCUT2D eigenvalue weighted by Crippen LogP contribution is 2.43. The van der Waals surface area contributed by atoms with Crippen molar-refractivity contribution in [1.82, 2.24) is 0 Å². The Hall–Kier alpha value is -0.520. The SMILES string of the molecule is C=C[C@H]1CC2C=CC1C2. The number of hydrogen-bond acceptors (Lipinski definition) is 0. The van der Waals surface area contributed by atoms with E-state index >= 15 is 0 Å². The predicted molar refractivity (Wildman–Crippen MR) is 39.0 cm³/mol. The molecular weight excluding hydrogens is 108 g/mol. The molecule has 0 saturated heterocycles. The summed E-state index contributed by atoms with van der Waals surface area (Å²) in [6.45, 7) is 3.83. The highest BCUT2D eigenvalue weighted by atomic mass is 14.4. The first-order chi connectivity index (χ1) is 4.40. The van der Waals surface area contributed by atoms with E-state index < -0.39 is 0 Å². The Bertz CT molecular complexity index is 155. The first kappa shape index (κ1) is 5.28. The molecule has 2 aliphatic rings. The fourth-order valence-corrected chi connectivity index (χ4v) is 2.09. The van der Waals surface area contributed by atoms with Crippen LogP contribution in [0.25, 0.3) is 0 Å². The molecule has 0 aromatic heterocycles. The van der Waals surface area contributed by atoms with Crippen molar-refractivity contribution >= 4 is 0 Å². The molecule has 2 aliphatic carbocycles. The molecule has 0 spiro atoms. The van der Waals surface area contributed by atoms with Crippen molar-refractivity contribution in [2.45, 2.75) is 12.8 Å². The normalized spacial score (nSPS) is 46.0. The van der Waals surface area contributed by atoms with Crippen LogP contribution < -0.4 is 0 Å². The molecule has 1 saturated carbocycles. The Balaban J connectivity index is 2.19. The summed E-state index contributed by atoms with van der Waals surface area (Å²) in [6.07, 6.45) is 9.61. The molecule has 48 valence electrons. The molecule has 0 nitrogen and oxygen atoms in total. The molecule has 0 radical (unpaired) electrons. The minimum absolute atomic E-state index is 0.806. The van der Waals surface area contributed by atoms with Crippen LogP contribution in [0.1, 0.15) is 12.8 Å². The lowest BCUT2D eigenvalue weighted by Crippen LogP contribution is -2.01. The summed E-state index contributed by atoms with van der Waals surface area (Å²) in [5.41, 5.74) is 0. The summed E-state index contributed by atoms with van der Waals surface area (Å²) in [5.74, 6) is 2.56. The van der Waals surface area contributed by atoms with Crippen molar-refractivity contribution < 1.29 is 0 Å². The number of allylic oxidation sites excluding steroid dienone is 3. The van der Waals surface area contributed by atoms with Crippen molar-refractivity contribution in [3.05, 3.63) is 24.8 Å². The molecule has 0 amide bonds. The van der Waals surface area contributed by atoms with E-state index in [1.165, 1.54) is 12.8 Å². The van der Waals surface area contributed by atoms with E-state index in [9.17, 15) is 0 Å². The van der Waals surface area contributed by atoms with Crippen LogP contribution in [-0.4, -0.2) is 0 Å². The lowest BCUT2D eigenvalue weighted by Gasteiger charge is -2.11. The van der Waals surface area contributed by atoms with Gasteiger partial charge < -0.3 is 0 Å². The lowest BCUT2D eigenvalue weighted by atomic mass is 9.94. The number of rotatable bonds is 1. The van der Waals surface area contributed by atoms with Crippen molar-refractivity contribution in [3.63, 3.8) is 0 Å². The van der Waals surface area contributed by atoms with Gasteiger partial charge in [-0.05, 0) is 30.6 Å². The van der Waals surface area contributed by atoms with Gasteiger partial charge in [-0.2, -0.15) is 0 Å². The highest BCUT2D eigenvalue weighted by Gasteiger charge is 2.33. The molecule has 3 atom stereocenters. The summed E-state index contributed by atoms with van der Waals surface area (Å²) < 4.78 is 0. The maximum Gasteiger partial charge on any atom is -0.0165 e. The fraction of sp³-hybridized carbons (Fsp3) is 0.556. The van der Waals surface area contributed by atoms with Crippen LogP contribution in [-0.2, 0) is 0 Å². The first-order valence-corrected chi connectivity index (χ1v) is 3.71. The van der Waals surface area contributed by atoms with Crippen LogP contribution in [0, 0.1) is 17.8 Å². The van der Waals surface area contributed by atoms with E-state index in [0.29, 0.717) is 0 Å². The van der Waals surface area contributed by atoms with Crippen LogP contribution in [0.5, 0.6) is 0 Å². The third-order valence-corrected chi connectivity index (χ3v) is 2.63. The van der Waals surface area contributed by atoms with Crippen LogP contribution >= 0.6 is 0 Å². The van der Waals surface area contributed by atoms with Crippen LogP contribution in [0.15, 0.2) is 24.8 Å². The summed E-state index contributed by atoms with van der Waals surface area (Å²) in [7, 11) is 0. The third kappa shape index (κ3) is 0.658. The number of fused-ring (bicyclic) bond motifs is 2. The van der Waals surface area contributed by atoms with Gasteiger partial charge in [0.15, 0.2) is 0 Å². The second kappa shape index (κ2) is 1.73. The van der Waals surface area contributed by atoms with Gasteiger partial charge in [-0.15, -0.1) is 6.58 Å². The second-order valence-corrected chi connectivity index (χ2v) is 3.18. The molecule has 0 heterocycles. The van der Waals surface area contributed by atoms with Crippen molar-refractivity contribution in [3.8, 4) is 0 Å². The van der Waals surface area contributed by atoms with Crippen LogP contribution in [0.4, 0.5) is 0 Å². The summed E-state index contributed by atoms with van der Waals surface area (Å²) in [5, 5.41) is 0. The Labute approximate surface area is 56.3 Å². The Morgan fingerprint density at radius 1 is 1.33 bits per heavy atom. The van der Waals surface area contributed by atoms with E-state index in [4.69, 9.17) is 0 Å². The van der Waals surface area contributed by atoms with E-state index in [1.807, 2.05) is 0 Å². The van der Waals surface area contributed by atoms with Gasteiger partial charge in [0.05, 0.1) is 0 Å². The molecule has 0 aromatic rings. The maximum absolute atomic E-state index is 3.83. The average Bonchev–Trinajstić information content (AvgIpc) is 2.45. The second-order valence-electron chi connectivity index (χ2n) is 3.18. The van der Waals surface area contributed by atoms with Gasteiger partial charge >= 0.3 is 0 Å². The van der Waals surface area contributed by atoms with Gasteiger partial charge in [0.2, 0.25) is 0 Å². The average molecular weight is 120 g/mol. The molecular formula is C9H12.